The topological polar surface area (TPSA) is 111 Å². The zero-order valence-electron chi connectivity index (χ0n) is 10.9. The van der Waals surface area contributed by atoms with Gasteiger partial charge in [-0.25, -0.2) is 4.79 Å². The number of hydrogen-bond donors (Lipinski definition) is 3. The maximum Gasteiger partial charge on any atom is 0.351 e. The number of nitrogens with zero attached hydrogens (tertiary/aromatic N) is 2. The second-order valence-corrected chi connectivity index (χ2v) is 5.50. The summed E-state index contributed by atoms with van der Waals surface area (Å²) in [5.41, 5.74) is 3.70. The van der Waals surface area contributed by atoms with E-state index in [1.807, 2.05) is 0 Å². The van der Waals surface area contributed by atoms with E-state index in [1.54, 1.807) is 6.92 Å². The molecule has 1 aromatic heterocycles. The fourth-order valence-corrected chi connectivity index (χ4v) is 2.63. The summed E-state index contributed by atoms with van der Waals surface area (Å²) in [6.45, 7) is 4.61. The minimum absolute atomic E-state index is 0.0493. The summed E-state index contributed by atoms with van der Waals surface area (Å²) in [6, 6.07) is 1.39. The first kappa shape index (κ1) is 15.0. The van der Waals surface area contributed by atoms with Crippen molar-refractivity contribution in [2.24, 2.45) is 0 Å². The van der Waals surface area contributed by atoms with Gasteiger partial charge in [-0.2, -0.15) is 4.98 Å². The number of rotatable bonds is 3. The number of nitrogens with two attached hydrogens (primary N) is 1. The molecule has 1 aromatic rings. The molecule has 2 rings (SSSR count). The van der Waals surface area contributed by atoms with E-state index in [1.165, 1.54) is 12.3 Å². The molecule has 110 valence electrons. The molecule has 1 aliphatic heterocycles. The number of alkyl halides is 1. The number of halogens is 1. The summed E-state index contributed by atoms with van der Waals surface area (Å²) in [5, 5.41) is 20.0. The molecule has 0 aliphatic carbocycles. The van der Waals surface area contributed by atoms with Crippen molar-refractivity contribution in [3.8, 4) is 0 Å². The lowest BCUT2D eigenvalue weighted by molar-refractivity contribution is -0.0657. The summed E-state index contributed by atoms with van der Waals surface area (Å²) in [5.74, 6) is 0.0493. The van der Waals surface area contributed by atoms with Gasteiger partial charge in [0.15, 0.2) is 5.00 Å². The molecule has 2 heterocycles. The lowest BCUT2D eigenvalue weighted by Gasteiger charge is -2.34. The molecule has 7 nitrogen and oxygen atoms in total. The minimum Gasteiger partial charge on any atom is -0.393 e. The van der Waals surface area contributed by atoms with Crippen molar-refractivity contribution in [2.45, 2.75) is 23.6 Å². The maximum absolute atomic E-state index is 11.9. The first-order valence-electron chi connectivity index (χ1n) is 5.91. The fourth-order valence-electron chi connectivity index (χ4n) is 2.27. The van der Waals surface area contributed by atoms with Gasteiger partial charge in [0.05, 0.1) is 13.2 Å². The van der Waals surface area contributed by atoms with Crippen LogP contribution in [-0.2, 0) is 9.73 Å². The monoisotopic (exact) mass is 301 g/mol. The molecule has 0 amide bonds. The van der Waals surface area contributed by atoms with Crippen LogP contribution in [0.25, 0.3) is 0 Å². The second kappa shape index (κ2) is 4.85. The molecule has 1 aliphatic rings. The number of nitrogen functional groups attached to an aromatic ring is 1. The average molecular weight is 302 g/mol. The molecule has 1 saturated heterocycles. The molecule has 0 saturated carbocycles. The van der Waals surface area contributed by atoms with Crippen LogP contribution >= 0.6 is 11.6 Å². The lowest BCUT2D eigenvalue weighted by Crippen LogP contribution is -2.53. The van der Waals surface area contributed by atoms with Gasteiger partial charge >= 0.3 is 5.69 Å². The van der Waals surface area contributed by atoms with Crippen LogP contribution in [0.5, 0.6) is 0 Å². The zero-order valence-corrected chi connectivity index (χ0v) is 11.7. The van der Waals surface area contributed by atoms with Crippen molar-refractivity contribution in [1.82, 2.24) is 9.55 Å². The van der Waals surface area contributed by atoms with E-state index >= 15 is 0 Å². The highest BCUT2D eigenvalue weighted by Crippen LogP contribution is 2.44. The van der Waals surface area contributed by atoms with Gasteiger partial charge in [0.2, 0.25) is 0 Å². The fraction of sp³-hybridized carbons (Fsp3) is 0.500. The molecule has 0 bridgehead atoms. The third-order valence-electron chi connectivity index (χ3n) is 3.58. The van der Waals surface area contributed by atoms with Gasteiger partial charge < -0.3 is 20.7 Å². The second-order valence-electron chi connectivity index (χ2n) is 4.84. The predicted octanol–water partition coefficient (Wildman–Crippen LogP) is -0.585. The van der Waals surface area contributed by atoms with Crippen molar-refractivity contribution < 1.29 is 14.9 Å². The largest absolute Gasteiger partial charge is 0.393 e. The van der Waals surface area contributed by atoms with Crippen LogP contribution in [0.3, 0.4) is 0 Å². The van der Waals surface area contributed by atoms with Crippen molar-refractivity contribution >= 4 is 17.4 Å². The number of aliphatic hydroxyl groups is 2. The number of aliphatic hydroxyl groups excluding tert-OH is 2. The van der Waals surface area contributed by atoms with Crippen molar-refractivity contribution in [3.63, 3.8) is 0 Å². The van der Waals surface area contributed by atoms with Crippen LogP contribution < -0.4 is 11.4 Å². The molecule has 0 unspecified atom stereocenters. The molecule has 20 heavy (non-hydrogen) atoms. The standard InChI is InChI=1S/C12H16ClN3O4/c1-7(2)11(5-17)9(18)12(13,6-20-11)16-4-3-8(14)15-10(16)19/h3-4,9,17-18H,1,5-6H2,2H3,(H2,14,15,19)/t9-,11+,12+/m1/s1. The molecule has 3 atom stereocenters. The first-order chi connectivity index (χ1) is 9.28. The third-order valence-corrected chi connectivity index (χ3v) is 4.07. The lowest BCUT2D eigenvalue weighted by atomic mass is 9.88. The summed E-state index contributed by atoms with van der Waals surface area (Å²) >= 11 is 6.37. The number of aromatic nitrogens is 2. The van der Waals surface area contributed by atoms with Gasteiger partial charge in [-0.05, 0) is 18.6 Å². The Labute approximate surface area is 120 Å². The highest BCUT2D eigenvalue weighted by molar-refractivity contribution is 6.23. The molecular weight excluding hydrogens is 286 g/mol. The van der Waals surface area contributed by atoms with Crippen LogP contribution in [0.2, 0.25) is 0 Å². The molecule has 4 N–H and O–H groups in total. The molecule has 1 fully saturated rings. The molecule has 0 aromatic carbocycles. The highest BCUT2D eigenvalue weighted by Gasteiger charge is 2.59. The van der Waals surface area contributed by atoms with Crippen LogP contribution in [0, 0.1) is 0 Å². The van der Waals surface area contributed by atoms with E-state index in [4.69, 9.17) is 22.1 Å². The van der Waals surface area contributed by atoms with Crippen LogP contribution in [-0.4, -0.2) is 44.7 Å². The number of hydrogen-bond acceptors (Lipinski definition) is 6. The Morgan fingerprint density at radius 3 is 2.90 bits per heavy atom. The average Bonchev–Trinajstić information content (AvgIpc) is 2.64. The molecule has 0 spiro atoms. The predicted molar refractivity (Wildman–Crippen MR) is 73.3 cm³/mol. The quantitative estimate of drug-likeness (QED) is 0.509. The van der Waals surface area contributed by atoms with Gasteiger partial charge in [0.25, 0.3) is 0 Å². The van der Waals surface area contributed by atoms with Crippen LogP contribution in [0.1, 0.15) is 6.92 Å². The Bertz CT molecular complexity index is 605. The molecule has 8 heteroatoms. The van der Waals surface area contributed by atoms with Crippen molar-refractivity contribution in [2.75, 3.05) is 18.9 Å². The summed E-state index contributed by atoms with van der Waals surface area (Å²) < 4.78 is 6.51. The summed E-state index contributed by atoms with van der Waals surface area (Å²) in [4.78, 5) is 13.9. The van der Waals surface area contributed by atoms with E-state index in [9.17, 15) is 15.0 Å². The van der Waals surface area contributed by atoms with Crippen LogP contribution in [0.4, 0.5) is 5.82 Å². The normalized spacial score (nSPS) is 33.3. The van der Waals surface area contributed by atoms with E-state index in [2.05, 4.69) is 11.6 Å². The highest BCUT2D eigenvalue weighted by atomic mass is 35.5. The van der Waals surface area contributed by atoms with Gasteiger partial charge in [-0.3, -0.25) is 4.57 Å². The Balaban J connectivity index is 2.52. The third kappa shape index (κ3) is 1.94. The molecule has 0 radical (unpaired) electrons. The smallest absolute Gasteiger partial charge is 0.351 e. The van der Waals surface area contributed by atoms with E-state index < -0.39 is 29.0 Å². The van der Waals surface area contributed by atoms with Crippen molar-refractivity contribution in [3.05, 3.63) is 34.9 Å². The Morgan fingerprint density at radius 1 is 1.80 bits per heavy atom. The van der Waals surface area contributed by atoms with Crippen LogP contribution in [0.15, 0.2) is 29.2 Å². The van der Waals surface area contributed by atoms with E-state index in [-0.39, 0.29) is 12.4 Å². The van der Waals surface area contributed by atoms with Gasteiger partial charge in [0.1, 0.15) is 17.5 Å². The number of ether oxygens (including phenoxy) is 1. The minimum atomic E-state index is -1.58. The maximum atomic E-state index is 11.9. The van der Waals surface area contributed by atoms with Gasteiger partial charge in [0, 0.05) is 6.20 Å². The first-order valence-corrected chi connectivity index (χ1v) is 6.29. The van der Waals surface area contributed by atoms with Gasteiger partial charge in [-0.1, -0.05) is 18.2 Å². The Hall–Kier alpha value is -1.41. The Kier molecular flexibility index (Phi) is 3.64. The number of anilines is 1. The van der Waals surface area contributed by atoms with E-state index in [0.29, 0.717) is 5.57 Å². The van der Waals surface area contributed by atoms with Gasteiger partial charge in [-0.15, -0.1) is 0 Å². The molecular formula is C12H16ClN3O4. The van der Waals surface area contributed by atoms with Crippen molar-refractivity contribution in [1.29, 1.82) is 0 Å². The zero-order chi connectivity index (χ0) is 15.1. The van der Waals surface area contributed by atoms with E-state index in [0.717, 1.165) is 4.57 Å². The SMILES string of the molecule is C=C(C)[C@]1(CO)OC[C@](Cl)(n2ccc(N)nc2=O)[C@@H]1O. The summed E-state index contributed by atoms with van der Waals surface area (Å²) in [7, 11) is 0. The Morgan fingerprint density at radius 2 is 2.45 bits per heavy atom. The summed E-state index contributed by atoms with van der Waals surface area (Å²) in [6.07, 6.45) is -0.0434.